The van der Waals surface area contributed by atoms with E-state index in [0.29, 0.717) is 27.7 Å². The van der Waals surface area contributed by atoms with Gasteiger partial charge in [0.2, 0.25) is 5.91 Å². The molecule has 0 N–H and O–H groups in total. The van der Waals surface area contributed by atoms with E-state index >= 15 is 0 Å². The van der Waals surface area contributed by atoms with E-state index in [1.165, 1.54) is 30.2 Å². The fraction of sp³-hybridized carbons (Fsp3) is 0.684. The van der Waals surface area contributed by atoms with Crippen molar-refractivity contribution in [1.29, 1.82) is 0 Å². The van der Waals surface area contributed by atoms with Crippen LogP contribution in [0.25, 0.3) is 11.0 Å². The normalized spacial score (nSPS) is 22.9. The fourth-order valence-corrected chi connectivity index (χ4v) is 4.95. The van der Waals surface area contributed by atoms with E-state index in [-0.39, 0.29) is 18.0 Å². The van der Waals surface area contributed by atoms with Crippen molar-refractivity contribution < 1.29 is 4.79 Å². The second kappa shape index (κ2) is 7.37. The second-order valence-electron chi connectivity index (χ2n) is 7.91. The summed E-state index contributed by atoms with van der Waals surface area (Å²) in [5.74, 6) is 0.843. The van der Waals surface area contributed by atoms with Gasteiger partial charge >= 0.3 is 0 Å². The van der Waals surface area contributed by atoms with Crippen LogP contribution in [-0.4, -0.2) is 42.2 Å². The number of carbonyl (C=O) groups is 1. The molecule has 146 valence electrons. The van der Waals surface area contributed by atoms with Gasteiger partial charge in [-0.25, -0.2) is 9.67 Å². The number of carbonyl (C=O) groups excluding carboxylic acids is 1. The van der Waals surface area contributed by atoms with Crippen molar-refractivity contribution in [1.82, 2.24) is 24.2 Å². The summed E-state index contributed by atoms with van der Waals surface area (Å²) in [6, 6.07) is 0.684. The zero-order valence-corrected chi connectivity index (χ0v) is 17.5. The maximum absolute atomic E-state index is 13.1. The van der Waals surface area contributed by atoms with Gasteiger partial charge in [0.1, 0.15) is 22.9 Å². The van der Waals surface area contributed by atoms with Gasteiger partial charge in [-0.05, 0) is 60.4 Å². The van der Waals surface area contributed by atoms with Crippen molar-refractivity contribution in [3.05, 3.63) is 21.3 Å². The van der Waals surface area contributed by atoms with Crippen molar-refractivity contribution in [2.24, 2.45) is 13.0 Å². The van der Waals surface area contributed by atoms with E-state index in [2.05, 4.69) is 37.8 Å². The first-order valence-corrected chi connectivity index (χ1v) is 10.7. The molecule has 2 fully saturated rings. The lowest BCUT2D eigenvalue weighted by Crippen LogP contribution is -2.46. The Balaban J connectivity index is 1.55. The predicted molar refractivity (Wildman–Crippen MR) is 106 cm³/mol. The SMILES string of the molecule is CCC1CCC(N(C(=O)Cn2cnc3c(c(Br)nn3C)c2=O)C2CC2)CC1. The second-order valence-corrected chi connectivity index (χ2v) is 8.66. The van der Waals surface area contributed by atoms with Crippen LogP contribution in [0.15, 0.2) is 15.7 Å². The van der Waals surface area contributed by atoms with Crippen LogP contribution in [0.1, 0.15) is 51.9 Å². The predicted octanol–water partition coefficient (Wildman–Crippen LogP) is 2.85. The molecule has 8 heteroatoms. The van der Waals surface area contributed by atoms with Crippen LogP contribution >= 0.6 is 15.9 Å². The van der Waals surface area contributed by atoms with Gasteiger partial charge in [-0.2, -0.15) is 5.10 Å². The van der Waals surface area contributed by atoms with Crippen molar-refractivity contribution in [2.45, 2.75) is 70.5 Å². The molecule has 0 saturated heterocycles. The van der Waals surface area contributed by atoms with Crippen LogP contribution in [0.5, 0.6) is 0 Å². The molecule has 0 aromatic carbocycles. The molecule has 2 heterocycles. The highest BCUT2D eigenvalue weighted by atomic mass is 79.9. The molecule has 0 aliphatic heterocycles. The van der Waals surface area contributed by atoms with Crippen molar-refractivity contribution in [3.63, 3.8) is 0 Å². The molecule has 4 rings (SSSR count). The minimum absolute atomic E-state index is 0.0423. The summed E-state index contributed by atoms with van der Waals surface area (Å²) in [7, 11) is 1.75. The van der Waals surface area contributed by atoms with Gasteiger partial charge in [0, 0.05) is 19.1 Å². The average Bonchev–Trinajstić information content (AvgIpc) is 3.43. The van der Waals surface area contributed by atoms with Gasteiger partial charge < -0.3 is 4.90 Å². The highest BCUT2D eigenvalue weighted by Gasteiger charge is 2.38. The van der Waals surface area contributed by atoms with E-state index in [1.54, 1.807) is 11.7 Å². The molecule has 2 aromatic rings. The Labute approximate surface area is 166 Å². The number of aromatic nitrogens is 4. The first-order chi connectivity index (χ1) is 13.0. The Morgan fingerprint density at radius 3 is 2.44 bits per heavy atom. The number of aryl methyl sites for hydroxylation is 1. The summed E-state index contributed by atoms with van der Waals surface area (Å²) in [6.45, 7) is 2.30. The van der Waals surface area contributed by atoms with E-state index < -0.39 is 0 Å². The Morgan fingerprint density at radius 1 is 1.22 bits per heavy atom. The van der Waals surface area contributed by atoms with Crippen LogP contribution < -0.4 is 5.56 Å². The first kappa shape index (κ1) is 18.7. The number of hydrogen-bond acceptors (Lipinski definition) is 4. The first-order valence-electron chi connectivity index (χ1n) is 9.88. The minimum atomic E-state index is -0.223. The zero-order valence-electron chi connectivity index (χ0n) is 15.9. The van der Waals surface area contributed by atoms with Gasteiger partial charge in [-0.1, -0.05) is 13.3 Å². The molecular formula is C19H26BrN5O2. The molecule has 7 nitrogen and oxygen atoms in total. The summed E-state index contributed by atoms with van der Waals surface area (Å²) >= 11 is 3.33. The zero-order chi connectivity index (χ0) is 19.1. The van der Waals surface area contributed by atoms with Crippen LogP contribution in [0.4, 0.5) is 0 Å². The summed E-state index contributed by atoms with van der Waals surface area (Å²) in [5.41, 5.74) is 0.297. The van der Waals surface area contributed by atoms with Crippen LogP contribution in [0, 0.1) is 5.92 Å². The summed E-state index contributed by atoms with van der Waals surface area (Å²) in [4.78, 5) is 32.4. The van der Waals surface area contributed by atoms with Crippen molar-refractivity contribution in [2.75, 3.05) is 0 Å². The minimum Gasteiger partial charge on any atom is -0.335 e. The van der Waals surface area contributed by atoms with E-state index in [1.807, 2.05) is 0 Å². The van der Waals surface area contributed by atoms with Crippen LogP contribution in [0.2, 0.25) is 0 Å². The molecule has 0 unspecified atom stereocenters. The third-order valence-corrected chi connectivity index (χ3v) is 6.64. The lowest BCUT2D eigenvalue weighted by molar-refractivity contribution is -0.135. The topological polar surface area (TPSA) is 73.0 Å². The Hall–Kier alpha value is -1.70. The largest absolute Gasteiger partial charge is 0.335 e. The Kier molecular flexibility index (Phi) is 5.09. The lowest BCUT2D eigenvalue weighted by atomic mass is 9.84. The summed E-state index contributed by atoms with van der Waals surface area (Å²) < 4.78 is 3.45. The Bertz CT molecular complexity index is 909. The molecule has 2 saturated carbocycles. The van der Waals surface area contributed by atoms with Gasteiger partial charge in [0.05, 0.1) is 0 Å². The number of fused-ring (bicyclic) bond motifs is 1. The monoisotopic (exact) mass is 435 g/mol. The van der Waals surface area contributed by atoms with Gasteiger partial charge in [0.25, 0.3) is 5.56 Å². The lowest BCUT2D eigenvalue weighted by Gasteiger charge is -2.37. The maximum atomic E-state index is 13.1. The van der Waals surface area contributed by atoms with Crippen molar-refractivity contribution in [3.8, 4) is 0 Å². The van der Waals surface area contributed by atoms with E-state index in [4.69, 9.17) is 0 Å². The third-order valence-electron chi connectivity index (χ3n) is 6.09. The molecular weight excluding hydrogens is 410 g/mol. The van der Waals surface area contributed by atoms with Gasteiger partial charge in [-0.15, -0.1) is 0 Å². The number of rotatable bonds is 5. The Morgan fingerprint density at radius 2 is 1.85 bits per heavy atom. The molecule has 0 atom stereocenters. The molecule has 2 aromatic heterocycles. The maximum Gasteiger partial charge on any atom is 0.266 e. The highest BCUT2D eigenvalue weighted by Crippen LogP contribution is 2.36. The molecule has 1 amide bonds. The van der Waals surface area contributed by atoms with E-state index in [0.717, 1.165) is 31.6 Å². The molecule has 27 heavy (non-hydrogen) atoms. The van der Waals surface area contributed by atoms with E-state index in [9.17, 15) is 9.59 Å². The molecule has 0 radical (unpaired) electrons. The number of halogens is 1. The highest BCUT2D eigenvalue weighted by molar-refractivity contribution is 9.10. The third kappa shape index (κ3) is 3.56. The number of nitrogens with zero attached hydrogens (tertiary/aromatic N) is 5. The molecule has 0 bridgehead atoms. The standard InChI is InChI=1S/C19H26BrN5O2/c1-3-12-4-6-13(7-5-12)25(14-8-9-14)15(26)10-24-11-21-18-16(19(24)27)17(20)22-23(18)2/h11-14H,3-10H2,1-2H3. The smallest absolute Gasteiger partial charge is 0.266 e. The molecule has 2 aliphatic carbocycles. The summed E-state index contributed by atoms with van der Waals surface area (Å²) in [6.07, 6.45) is 9.43. The number of hydrogen-bond donors (Lipinski definition) is 0. The van der Waals surface area contributed by atoms with Gasteiger partial charge in [-0.3, -0.25) is 14.2 Å². The average molecular weight is 436 g/mol. The van der Waals surface area contributed by atoms with Gasteiger partial charge in [0.15, 0.2) is 5.65 Å². The molecule has 2 aliphatic rings. The fourth-order valence-electron chi connectivity index (χ4n) is 4.36. The van der Waals surface area contributed by atoms with Crippen molar-refractivity contribution >= 4 is 32.9 Å². The quantitative estimate of drug-likeness (QED) is 0.723. The van der Waals surface area contributed by atoms with Crippen LogP contribution in [0.3, 0.4) is 0 Å². The summed E-state index contributed by atoms with van der Waals surface area (Å²) in [5, 5.41) is 4.62. The van der Waals surface area contributed by atoms with Crippen LogP contribution in [-0.2, 0) is 18.4 Å². The number of amides is 1. The molecule has 0 spiro atoms.